The van der Waals surface area contributed by atoms with Crippen molar-refractivity contribution in [3.8, 4) is 5.75 Å². The number of carbonyl (C=O) groups excluding carboxylic acids is 1. The zero-order chi connectivity index (χ0) is 17.4. The molecular formula is C17H15BrCl2N2O2. The lowest BCUT2D eigenvalue weighted by Gasteiger charge is -2.07. The van der Waals surface area contributed by atoms with Gasteiger partial charge in [-0.2, -0.15) is 5.10 Å². The number of rotatable bonds is 7. The molecule has 0 bridgehead atoms. The second-order valence-electron chi connectivity index (χ2n) is 4.87. The normalized spacial score (nSPS) is 10.8. The van der Waals surface area contributed by atoms with Crippen LogP contribution in [0.1, 0.15) is 18.4 Å². The average molecular weight is 430 g/mol. The quantitative estimate of drug-likeness (QED) is 0.379. The monoisotopic (exact) mass is 428 g/mol. The van der Waals surface area contributed by atoms with Crippen LogP contribution in [-0.2, 0) is 4.79 Å². The molecule has 1 amide bonds. The van der Waals surface area contributed by atoms with Gasteiger partial charge in [0, 0.05) is 15.9 Å². The third kappa shape index (κ3) is 6.51. The fraction of sp³-hybridized carbons (Fsp3) is 0.176. The summed E-state index contributed by atoms with van der Waals surface area (Å²) in [4.78, 5) is 11.7. The van der Waals surface area contributed by atoms with E-state index in [0.717, 1.165) is 10.0 Å². The van der Waals surface area contributed by atoms with Gasteiger partial charge in [-0.1, -0.05) is 51.3 Å². The first-order valence-corrected chi connectivity index (χ1v) is 8.75. The molecule has 0 fully saturated rings. The molecule has 0 aromatic heterocycles. The summed E-state index contributed by atoms with van der Waals surface area (Å²) in [7, 11) is 0. The van der Waals surface area contributed by atoms with Gasteiger partial charge in [-0.3, -0.25) is 4.79 Å². The molecule has 0 saturated heterocycles. The summed E-state index contributed by atoms with van der Waals surface area (Å²) in [5.41, 5.74) is 3.39. The van der Waals surface area contributed by atoms with E-state index in [9.17, 15) is 4.79 Å². The highest BCUT2D eigenvalue weighted by Crippen LogP contribution is 2.27. The standard InChI is InChI=1S/C17H15BrCl2N2O2/c18-13-5-3-12(4-6-13)11-21-22-17(23)2-1-9-24-16-8-7-14(19)10-15(16)20/h3-8,10-11H,1-2,9H2,(H,22,23)/b21-11+. The van der Waals surface area contributed by atoms with Gasteiger partial charge >= 0.3 is 0 Å². The van der Waals surface area contributed by atoms with Crippen LogP contribution < -0.4 is 10.2 Å². The molecule has 2 aromatic rings. The fourth-order valence-electron chi connectivity index (χ4n) is 1.79. The van der Waals surface area contributed by atoms with Crippen molar-refractivity contribution in [2.24, 2.45) is 5.10 Å². The second kappa shape index (κ2) is 9.67. The highest BCUT2D eigenvalue weighted by molar-refractivity contribution is 9.10. The Kier molecular flexibility index (Phi) is 7.56. The third-order valence-corrected chi connectivity index (χ3v) is 4.03. The van der Waals surface area contributed by atoms with Crippen molar-refractivity contribution in [1.82, 2.24) is 5.43 Å². The molecule has 126 valence electrons. The van der Waals surface area contributed by atoms with Crippen molar-refractivity contribution >= 4 is 51.3 Å². The van der Waals surface area contributed by atoms with Crippen molar-refractivity contribution in [2.75, 3.05) is 6.61 Å². The number of carbonyl (C=O) groups is 1. The Balaban J connectivity index is 1.67. The number of amides is 1. The lowest BCUT2D eigenvalue weighted by molar-refractivity contribution is -0.121. The van der Waals surface area contributed by atoms with E-state index in [0.29, 0.717) is 35.2 Å². The smallest absolute Gasteiger partial charge is 0.240 e. The number of hydrazone groups is 1. The Bertz CT molecular complexity index is 721. The maximum Gasteiger partial charge on any atom is 0.240 e. The van der Waals surface area contributed by atoms with Gasteiger partial charge in [-0.25, -0.2) is 5.43 Å². The van der Waals surface area contributed by atoms with E-state index in [-0.39, 0.29) is 5.91 Å². The van der Waals surface area contributed by atoms with Gasteiger partial charge in [-0.15, -0.1) is 0 Å². The second-order valence-corrected chi connectivity index (χ2v) is 6.63. The van der Waals surface area contributed by atoms with Gasteiger partial charge in [0.1, 0.15) is 5.75 Å². The minimum Gasteiger partial charge on any atom is -0.492 e. The first kappa shape index (κ1) is 18.8. The van der Waals surface area contributed by atoms with Crippen molar-refractivity contribution in [2.45, 2.75) is 12.8 Å². The van der Waals surface area contributed by atoms with Gasteiger partial charge in [0.2, 0.25) is 5.91 Å². The van der Waals surface area contributed by atoms with Crippen LogP contribution in [0, 0.1) is 0 Å². The molecule has 0 spiro atoms. The molecule has 7 heteroatoms. The molecule has 4 nitrogen and oxygen atoms in total. The Hall–Kier alpha value is -1.56. The number of benzene rings is 2. The maximum absolute atomic E-state index is 11.7. The SMILES string of the molecule is O=C(CCCOc1ccc(Cl)cc1Cl)N/N=C/c1ccc(Br)cc1. The molecule has 0 saturated carbocycles. The van der Waals surface area contributed by atoms with Crippen LogP contribution in [-0.4, -0.2) is 18.7 Å². The number of hydrogen-bond acceptors (Lipinski definition) is 3. The number of hydrogen-bond donors (Lipinski definition) is 1. The number of halogens is 3. The van der Waals surface area contributed by atoms with Crippen LogP contribution in [0.3, 0.4) is 0 Å². The van der Waals surface area contributed by atoms with E-state index < -0.39 is 0 Å². The molecule has 0 heterocycles. The molecule has 24 heavy (non-hydrogen) atoms. The predicted octanol–water partition coefficient (Wildman–Crippen LogP) is 5.07. The molecule has 0 aliphatic rings. The van der Waals surface area contributed by atoms with Crippen molar-refractivity contribution in [1.29, 1.82) is 0 Å². The van der Waals surface area contributed by atoms with E-state index in [4.69, 9.17) is 27.9 Å². The zero-order valence-corrected chi connectivity index (χ0v) is 15.7. The van der Waals surface area contributed by atoms with Crippen LogP contribution in [0.4, 0.5) is 0 Å². The summed E-state index contributed by atoms with van der Waals surface area (Å²) >= 11 is 15.2. The Morgan fingerprint density at radius 1 is 1.21 bits per heavy atom. The number of nitrogens with zero attached hydrogens (tertiary/aromatic N) is 1. The van der Waals surface area contributed by atoms with E-state index in [1.165, 1.54) is 0 Å². The van der Waals surface area contributed by atoms with E-state index >= 15 is 0 Å². The van der Waals surface area contributed by atoms with Crippen molar-refractivity contribution < 1.29 is 9.53 Å². The highest BCUT2D eigenvalue weighted by atomic mass is 79.9. The molecule has 1 N–H and O–H groups in total. The Morgan fingerprint density at radius 3 is 2.67 bits per heavy atom. The molecule has 0 unspecified atom stereocenters. The Labute approximate surface area is 158 Å². The third-order valence-electron chi connectivity index (χ3n) is 2.97. The first-order chi connectivity index (χ1) is 11.5. The molecule has 0 radical (unpaired) electrons. The van der Waals surface area contributed by atoms with Crippen LogP contribution in [0.25, 0.3) is 0 Å². The molecule has 0 atom stereocenters. The highest BCUT2D eigenvalue weighted by Gasteiger charge is 2.04. The van der Waals surface area contributed by atoms with Gasteiger partial charge in [0.25, 0.3) is 0 Å². The molecule has 0 aliphatic carbocycles. The van der Waals surface area contributed by atoms with E-state index in [2.05, 4.69) is 26.5 Å². The summed E-state index contributed by atoms with van der Waals surface area (Å²) in [5.74, 6) is 0.379. The number of ether oxygens (including phenoxy) is 1. The van der Waals surface area contributed by atoms with Crippen LogP contribution in [0.15, 0.2) is 52.0 Å². The van der Waals surface area contributed by atoms with Crippen molar-refractivity contribution in [3.63, 3.8) is 0 Å². The topological polar surface area (TPSA) is 50.7 Å². The van der Waals surface area contributed by atoms with E-state index in [1.54, 1.807) is 24.4 Å². The molecule has 0 aliphatic heterocycles. The fourth-order valence-corrected chi connectivity index (χ4v) is 2.52. The summed E-state index contributed by atoms with van der Waals surface area (Å²) < 4.78 is 6.50. The van der Waals surface area contributed by atoms with Gasteiger partial charge < -0.3 is 4.74 Å². The minimum atomic E-state index is -0.172. The average Bonchev–Trinajstić information content (AvgIpc) is 2.55. The van der Waals surface area contributed by atoms with Crippen LogP contribution in [0.2, 0.25) is 10.0 Å². The van der Waals surface area contributed by atoms with Crippen LogP contribution >= 0.6 is 39.1 Å². The van der Waals surface area contributed by atoms with Gasteiger partial charge in [-0.05, 0) is 42.3 Å². The van der Waals surface area contributed by atoms with Crippen molar-refractivity contribution in [3.05, 3.63) is 62.5 Å². The predicted molar refractivity (Wildman–Crippen MR) is 101 cm³/mol. The summed E-state index contributed by atoms with van der Waals surface area (Å²) in [6.07, 6.45) is 2.45. The molecular weight excluding hydrogens is 415 g/mol. The summed E-state index contributed by atoms with van der Waals surface area (Å²) in [6.45, 7) is 0.380. The van der Waals surface area contributed by atoms with Crippen LogP contribution in [0.5, 0.6) is 5.75 Å². The zero-order valence-electron chi connectivity index (χ0n) is 12.6. The van der Waals surface area contributed by atoms with Gasteiger partial charge in [0.15, 0.2) is 0 Å². The lowest BCUT2D eigenvalue weighted by Crippen LogP contribution is -2.18. The lowest BCUT2D eigenvalue weighted by atomic mass is 10.2. The number of nitrogens with one attached hydrogen (secondary N) is 1. The Morgan fingerprint density at radius 2 is 1.96 bits per heavy atom. The summed E-state index contributed by atoms with van der Waals surface area (Å²) in [6, 6.07) is 12.6. The largest absolute Gasteiger partial charge is 0.492 e. The minimum absolute atomic E-state index is 0.172. The maximum atomic E-state index is 11.7. The van der Waals surface area contributed by atoms with E-state index in [1.807, 2.05) is 24.3 Å². The molecule has 2 rings (SSSR count). The first-order valence-electron chi connectivity index (χ1n) is 7.20. The van der Waals surface area contributed by atoms with Gasteiger partial charge in [0.05, 0.1) is 17.8 Å². The molecule has 2 aromatic carbocycles. The summed E-state index contributed by atoms with van der Waals surface area (Å²) in [5, 5.41) is 4.92.